The van der Waals surface area contributed by atoms with Gasteiger partial charge in [-0.15, -0.1) is 0 Å². The molecule has 1 N–H and O–H groups in total. The summed E-state index contributed by atoms with van der Waals surface area (Å²) in [4.78, 5) is 27.2. The average Bonchev–Trinajstić information content (AvgIpc) is 2.91. The molecule has 10 heteroatoms. The van der Waals surface area contributed by atoms with Crippen molar-refractivity contribution in [3.05, 3.63) is 53.6 Å². The van der Waals surface area contributed by atoms with E-state index in [0.29, 0.717) is 24.9 Å². The van der Waals surface area contributed by atoms with Crippen molar-refractivity contribution in [3.63, 3.8) is 0 Å². The maximum absolute atomic E-state index is 13.1. The van der Waals surface area contributed by atoms with E-state index in [2.05, 4.69) is 11.4 Å². The van der Waals surface area contributed by atoms with E-state index in [1.807, 2.05) is 30.3 Å². The Morgan fingerprint density at radius 2 is 1.77 bits per heavy atom. The summed E-state index contributed by atoms with van der Waals surface area (Å²) in [5, 5.41) is 22.1. The minimum Gasteiger partial charge on any atom is -0.444 e. The molecule has 1 heterocycles. The predicted molar refractivity (Wildman–Crippen MR) is 151 cm³/mol. The van der Waals surface area contributed by atoms with E-state index in [1.54, 1.807) is 39.8 Å². The Kier molecular flexibility index (Phi) is 9.94. The van der Waals surface area contributed by atoms with E-state index < -0.39 is 33.6 Å². The lowest BCUT2D eigenvalue weighted by Gasteiger charge is -2.36. The number of carbonyl (C=O) groups excluding carboxylic acids is 2. The molecule has 40 heavy (non-hydrogen) atoms. The number of ether oxygens (including phenoxy) is 1. The van der Waals surface area contributed by atoms with Crippen LogP contribution in [0.1, 0.15) is 64.5 Å². The van der Waals surface area contributed by atoms with Gasteiger partial charge in [0.05, 0.1) is 22.3 Å². The molecule has 1 aliphatic rings. The zero-order chi connectivity index (χ0) is 29.5. The maximum atomic E-state index is 13.1. The van der Waals surface area contributed by atoms with Gasteiger partial charge in [0.1, 0.15) is 23.8 Å². The van der Waals surface area contributed by atoms with E-state index >= 15 is 0 Å². The Labute approximate surface area is 236 Å². The van der Waals surface area contributed by atoms with Gasteiger partial charge in [0.25, 0.3) is 0 Å². The van der Waals surface area contributed by atoms with E-state index in [4.69, 9.17) is 4.74 Å². The molecule has 1 saturated heterocycles. The summed E-state index contributed by atoms with van der Waals surface area (Å²) in [6.45, 7) is 7.52. The number of rotatable bonds is 8. The fourth-order valence-electron chi connectivity index (χ4n) is 4.66. The van der Waals surface area contributed by atoms with Gasteiger partial charge >= 0.3 is 6.09 Å². The number of benzene rings is 2. The standard InChI is InChI=1S/C30H36N4O5S/c1-5-16-40(37,38)27-14-13-23(18-24(27)19-31)22-11-9-21(10-12-22)17-25(20-32)33-28(35)26-8-6-7-15-34(26)29(36)39-30(2,3)4/h9-14,18,25-26H,5-8,15-17H2,1-4H3,(H,33,35). The summed E-state index contributed by atoms with van der Waals surface area (Å²) in [7, 11) is -3.53. The molecule has 3 rings (SSSR count). The minimum atomic E-state index is -3.53. The Morgan fingerprint density at radius 3 is 2.38 bits per heavy atom. The van der Waals surface area contributed by atoms with Crippen LogP contribution in [-0.2, 0) is 25.8 Å². The lowest BCUT2D eigenvalue weighted by Crippen LogP contribution is -2.54. The van der Waals surface area contributed by atoms with E-state index in [-0.39, 0.29) is 28.5 Å². The average molecular weight is 565 g/mol. The molecule has 0 saturated carbocycles. The van der Waals surface area contributed by atoms with Crippen LogP contribution in [0.15, 0.2) is 47.4 Å². The molecule has 2 atom stereocenters. The van der Waals surface area contributed by atoms with Crippen LogP contribution in [0.3, 0.4) is 0 Å². The van der Waals surface area contributed by atoms with Crippen LogP contribution >= 0.6 is 0 Å². The lowest BCUT2D eigenvalue weighted by molar-refractivity contribution is -0.128. The highest BCUT2D eigenvalue weighted by Gasteiger charge is 2.35. The second kappa shape index (κ2) is 13.0. The van der Waals surface area contributed by atoms with Crippen LogP contribution in [0.2, 0.25) is 0 Å². The number of piperidine rings is 1. The van der Waals surface area contributed by atoms with Gasteiger partial charge in [-0.3, -0.25) is 9.69 Å². The van der Waals surface area contributed by atoms with Crippen molar-refractivity contribution < 1.29 is 22.7 Å². The molecule has 1 fully saturated rings. The molecule has 0 aromatic heterocycles. The third kappa shape index (κ3) is 7.83. The molecule has 0 aliphatic carbocycles. The fraction of sp³-hybridized carbons (Fsp3) is 0.467. The quantitative estimate of drug-likeness (QED) is 0.488. The van der Waals surface area contributed by atoms with Gasteiger partial charge in [0, 0.05) is 13.0 Å². The number of nitrogens with one attached hydrogen (secondary N) is 1. The monoisotopic (exact) mass is 564 g/mol. The van der Waals surface area contributed by atoms with Crippen molar-refractivity contribution in [1.29, 1.82) is 10.5 Å². The van der Waals surface area contributed by atoms with Crippen molar-refractivity contribution in [3.8, 4) is 23.3 Å². The third-order valence-corrected chi connectivity index (χ3v) is 8.51. The zero-order valence-electron chi connectivity index (χ0n) is 23.4. The number of sulfone groups is 1. The normalized spacial score (nSPS) is 16.4. The summed E-state index contributed by atoms with van der Waals surface area (Å²) in [5.74, 6) is -0.401. The maximum Gasteiger partial charge on any atom is 0.410 e. The molecule has 2 aromatic carbocycles. The topological polar surface area (TPSA) is 140 Å². The molecule has 0 bridgehead atoms. The molecular formula is C30H36N4O5S. The summed E-state index contributed by atoms with van der Waals surface area (Å²) in [6.07, 6.45) is 2.27. The Morgan fingerprint density at radius 1 is 1.10 bits per heavy atom. The number of nitrogens with zero attached hydrogens (tertiary/aromatic N) is 3. The highest BCUT2D eigenvalue weighted by molar-refractivity contribution is 7.91. The molecule has 9 nitrogen and oxygen atoms in total. The van der Waals surface area contributed by atoms with E-state index in [1.165, 1.54) is 11.0 Å². The van der Waals surface area contributed by atoms with Crippen LogP contribution in [0, 0.1) is 22.7 Å². The third-order valence-electron chi connectivity index (χ3n) is 6.54. The summed E-state index contributed by atoms with van der Waals surface area (Å²) < 4.78 is 30.4. The smallest absolute Gasteiger partial charge is 0.410 e. The van der Waals surface area contributed by atoms with Crippen molar-refractivity contribution in [1.82, 2.24) is 10.2 Å². The summed E-state index contributed by atoms with van der Waals surface area (Å²) in [6, 6.07) is 14.7. The molecule has 2 amide bonds. The van der Waals surface area contributed by atoms with Crippen LogP contribution in [0.25, 0.3) is 11.1 Å². The van der Waals surface area contributed by atoms with Gasteiger partial charge in [0.2, 0.25) is 5.91 Å². The number of likely N-dealkylation sites (tertiary alicyclic amines) is 1. The van der Waals surface area contributed by atoms with Crippen molar-refractivity contribution in [2.24, 2.45) is 0 Å². The molecule has 0 spiro atoms. The number of carbonyl (C=O) groups is 2. The van der Waals surface area contributed by atoms with Gasteiger partial charge < -0.3 is 10.1 Å². The molecule has 212 valence electrons. The van der Waals surface area contributed by atoms with Crippen LogP contribution in [0.5, 0.6) is 0 Å². The number of hydrogen-bond acceptors (Lipinski definition) is 7. The molecule has 2 aromatic rings. The zero-order valence-corrected chi connectivity index (χ0v) is 24.3. The summed E-state index contributed by atoms with van der Waals surface area (Å²) >= 11 is 0. The van der Waals surface area contributed by atoms with Gasteiger partial charge in [-0.1, -0.05) is 37.3 Å². The van der Waals surface area contributed by atoms with Crippen LogP contribution in [0.4, 0.5) is 4.79 Å². The van der Waals surface area contributed by atoms with Crippen molar-refractivity contribution in [2.75, 3.05) is 12.3 Å². The molecule has 1 aliphatic heterocycles. The number of amides is 2. The first kappa shape index (κ1) is 30.6. The lowest BCUT2D eigenvalue weighted by atomic mass is 9.99. The highest BCUT2D eigenvalue weighted by atomic mass is 32.2. The number of hydrogen-bond donors (Lipinski definition) is 1. The van der Waals surface area contributed by atoms with Crippen LogP contribution in [-0.4, -0.2) is 55.3 Å². The second-order valence-electron chi connectivity index (χ2n) is 10.9. The SMILES string of the molecule is CCCS(=O)(=O)c1ccc(-c2ccc(CC(C#N)NC(=O)C3CCCCN3C(=O)OC(C)(C)C)cc2)cc1C#N. The molecular weight excluding hydrogens is 528 g/mol. The van der Waals surface area contributed by atoms with Gasteiger partial charge in [-0.25, -0.2) is 13.2 Å². The molecule has 0 radical (unpaired) electrons. The summed E-state index contributed by atoms with van der Waals surface area (Å²) in [5.41, 5.74) is 1.72. The first-order chi connectivity index (χ1) is 18.9. The second-order valence-corrected chi connectivity index (χ2v) is 13.0. The van der Waals surface area contributed by atoms with Gasteiger partial charge in [0.15, 0.2) is 9.84 Å². The predicted octanol–water partition coefficient (Wildman–Crippen LogP) is 4.75. The van der Waals surface area contributed by atoms with E-state index in [9.17, 15) is 28.5 Å². The fourth-order valence-corrected chi connectivity index (χ4v) is 6.13. The Bertz CT molecular complexity index is 1420. The first-order valence-corrected chi connectivity index (χ1v) is 15.1. The van der Waals surface area contributed by atoms with Crippen molar-refractivity contribution >= 4 is 21.8 Å². The van der Waals surface area contributed by atoms with Crippen molar-refractivity contribution in [2.45, 2.75) is 82.4 Å². The van der Waals surface area contributed by atoms with Gasteiger partial charge in [-0.2, -0.15) is 10.5 Å². The minimum absolute atomic E-state index is 0.0217. The number of nitriles is 2. The largest absolute Gasteiger partial charge is 0.444 e. The highest BCUT2D eigenvalue weighted by Crippen LogP contribution is 2.26. The van der Waals surface area contributed by atoms with Gasteiger partial charge in [-0.05, 0) is 75.3 Å². The van der Waals surface area contributed by atoms with E-state index in [0.717, 1.165) is 24.0 Å². The van der Waals surface area contributed by atoms with Crippen LogP contribution < -0.4 is 5.32 Å². The Balaban J connectivity index is 1.70. The molecule has 2 unspecified atom stereocenters. The first-order valence-electron chi connectivity index (χ1n) is 13.4. The Hall–Kier alpha value is -3.89.